The first-order valence-electron chi connectivity index (χ1n) is 5.60. The molecule has 0 fully saturated rings. The fourth-order valence-electron chi connectivity index (χ4n) is 1.67. The number of ether oxygens (including phenoxy) is 1. The Hall–Kier alpha value is -1.34. The van der Waals surface area contributed by atoms with Gasteiger partial charge >= 0.3 is 30.3 Å². The van der Waals surface area contributed by atoms with Gasteiger partial charge in [-0.15, -0.1) is 13.2 Å². The summed E-state index contributed by atoms with van der Waals surface area (Å²) in [5.41, 5.74) is -8.80. The fourth-order valence-corrected chi connectivity index (χ4v) is 2.14. The molecule has 0 spiro atoms. The van der Waals surface area contributed by atoms with E-state index >= 15 is 0 Å². The van der Waals surface area contributed by atoms with Crippen LogP contribution in [0.25, 0.3) is 0 Å². The maximum atomic E-state index is 14.1. The van der Waals surface area contributed by atoms with E-state index in [-0.39, 0.29) is 6.07 Å². The first-order chi connectivity index (χ1) is 10.8. The highest BCUT2D eigenvalue weighted by Crippen LogP contribution is 2.58. The largest absolute Gasteiger partial charge is 0.573 e. The maximum Gasteiger partial charge on any atom is 0.573 e. The van der Waals surface area contributed by atoms with Crippen LogP contribution in [0, 0.1) is 0 Å². The summed E-state index contributed by atoms with van der Waals surface area (Å²) >= 11 is 2.29. The van der Waals surface area contributed by atoms with E-state index in [9.17, 15) is 52.7 Å². The van der Waals surface area contributed by atoms with Crippen molar-refractivity contribution in [2.45, 2.75) is 30.3 Å². The van der Waals surface area contributed by atoms with Crippen molar-refractivity contribution in [2.75, 3.05) is 0 Å². The standard InChI is InChI=1S/C11H3BrF12O/c12-5-1-4(2-6(3-5)25-11(22,23)24)7(13,9(16,17)18)8(14,15)10(19,20)21/h1-3H. The van der Waals surface area contributed by atoms with Crippen molar-refractivity contribution in [2.24, 2.45) is 0 Å². The topological polar surface area (TPSA) is 9.23 Å². The van der Waals surface area contributed by atoms with Gasteiger partial charge in [-0.3, -0.25) is 0 Å². The molecular formula is C11H3BrF12O. The van der Waals surface area contributed by atoms with E-state index in [1.54, 1.807) is 0 Å². The molecule has 1 nitrogen and oxygen atoms in total. The molecule has 25 heavy (non-hydrogen) atoms. The third kappa shape index (κ3) is 4.08. The summed E-state index contributed by atoms with van der Waals surface area (Å²) in [6.45, 7) is 0. The number of hydrogen-bond acceptors (Lipinski definition) is 1. The van der Waals surface area contributed by atoms with E-state index in [0.717, 1.165) is 0 Å². The minimum absolute atomic E-state index is 0.170. The molecule has 0 saturated heterocycles. The van der Waals surface area contributed by atoms with Gasteiger partial charge in [-0.1, -0.05) is 15.9 Å². The van der Waals surface area contributed by atoms with Gasteiger partial charge in [0, 0.05) is 10.0 Å². The van der Waals surface area contributed by atoms with Crippen molar-refractivity contribution < 1.29 is 57.4 Å². The van der Waals surface area contributed by atoms with Gasteiger partial charge in [-0.25, -0.2) is 4.39 Å². The third-order valence-corrected chi connectivity index (χ3v) is 3.14. The van der Waals surface area contributed by atoms with Crippen molar-refractivity contribution in [3.63, 3.8) is 0 Å². The van der Waals surface area contributed by atoms with Gasteiger partial charge in [0.15, 0.2) is 0 Å². The quantitative estimate of drug-likeness (QED) is 0.485. The molecule has 14 heteroatoms. The predicted octanol–water partition coefficient (Wildman–Crippen LogP) is 6.27. The number of alkyl halides is 12. The molecule has 1 aromatic carbocycles. The van der Waals surface area contributed by atoms with Crippen LogP contribution in [0.1, 0.15) is 5.56 Å². The zero-order valence-electron chi connectivity index (χ0n) is 11.1. The molecule has 0 bridgehead atoms. The number of halogens is 13. The van der Waals surface area contributed by atoms with Crippen LogP contribution in [0.3, 0.4) is 0 Å². The Morgan fingerprint density at radius 2 is 1.16 bits per heavy atom. The Morgan fingerprint density at radius 3 is 1.52 bits per heavy atom. The summed E-state index contributed by atoms with van der Waals surface area (Å²) in [6, 6.07) is -0.429. The lowest BCUT2D eigenvalue weighted by atomic mass is 9.87. The molecule has 1 atom stereocenters. The second kappa shape index (κ2) is 6.13. The van der Waals surface area contributed by atoms with Crippen LogP contribution in [-0.4, -0.2) is 24.6 Å². The normalized spacial score (nSPS) is 16.5. The average molecular weight is 459 g/mol. The summed E-state index contributed by atoms with van der Waals surface area (Å²) in [7, 11) is 0. The molecule has 0 amide bonds. The van der Waals surface area contributed by atoms with Gasteiger partial charge in [0.05, 0.1) is 0 Å². The Bertz CT molecular complexity index is 631. The summed E-state index contributed by atoms with van der Waals surface area (Å²) in [6.07, 6.45) is -19.4. The van der Waals surface area contributed by atoms with Crippen LogP contribution >= 0.6 is 15.9 Å². The Labute approximate surface area is 138 Å². The highest BCUT2D eigenvalue weighted by Gasteiger charge is 2.81. The van der Waals surface area contributed by atoms with Gasteiger partial charge in [-0.2, -0.15) is 35.1 Å². The van der Waals surface area contributed by atoms with Crippen molar-refractivity contribution in [1.82, 2.24) is 0 Å². The van der Waals surface area contributed by atoms with Crippen molar-refractivity contribution in [3.05, 3.63) is 28.2 Å². The third-order valence-electron chi connectivity index (χ3n) is 2.68. The number of rotatable bonds is 3. The van der Waals surface area contributed by atoms with Crippen LogP contribution in [-0.2, 0) is 5.67 Å². The van der Waals surface area contributed by atoms with Gasteiger partial charge in [0.25, 0.3) is 0 Å². The number of benzene rings is 1. The van der Waals surface area contributed by atoms with E-state index in [0.29, 0.717) is 6.07 Å². The van der Waals surface area contributed by atoms with E-state index < -0.39 is 52.2 Å². The Kier molecular flexibility index (Phi) is 5.32. The monoisotopic (exact) mass is 458 g/mol. The molecule has 0 saturated carbocycles. The van der Waals surface area contributed by atoms with E-state index in [4.69, 9.17) is 0 Å². The first kappa shape index (κ1) is 21.7. The van der Waals surface area contributed by atoms with Gasteiger partial charge in [0.2, 0.25) is 0 Å². The van der Waals surface area contributed by atoms with Crippen LogP contribution in [0.5, 0.6) is 5.75 Å². The zero-order valence-corrected chi connectivity index (χ0v) is 12.6. The summed E-state index contributed by atoms with van der Waals surface area (Å²) in [5, 5.41) is 0. The lowest BCUT2D eigenvalue weighted by molar-refractivity contribution is -0.389. The highest BCUT2D eigenvalue weighted by molar-refractivity contribution is 9.10. The predicted molar refractivity (Wildman–Crippen MR) is 60.7 cm³/mol. The minimum atomic E-state index is -7.01. The maximum absolute atomic E-state index is 14.1. The Morgan fingerprint density at radius 1 is 0.680 bits per heavy atom. The molecule has 144 valence electrons. The first-order valence-corrected chi connectivity index (χ1v) is 6.39. The van der Waals surface area contributed by atoms with Gasteiger partial charge < -0.3 is 4.74 Å². The second-order valence-corrected chi connectivity index (χ2v) is 5.37. The number of hydrogen-bond donors (Lipinski definition) is 0. The second-order valence-electron chi connectivity index (χ2n) is 4.45. The van der Waals surface area contributed by atoms with Crippen molar-refractivity contribution in [3.8, 4) is 5.75 Å². The van der Waals surface area contributed by atoms with Crippen molar-refractivity contribution in [1.29, 1.82) is 0 Å². The van der Waals surface area contributed by atoms with Crippen LogP contribution < -0.4 is 4.74 Å². The van der Waals surface area contributed by atoms with Crippen LogP contribution in [0.4, 0.5) is 52.7 Å². The zero-order chi connectivity index (χ0) is 20.1. The molecule has 0 aliphatic heterocycles. The smallest absolute Gasteiger partial charge is 0.406 e. The molecule has 0 aliphatic rings. The van der Waals surface area contributed by atoms with Gasteiger partial charge in [0.1, 0.15) is 5.75 Å². The SMILES string of the molecule is FC(F)(F)Oc1cc(Br)cc(C(F)(C(F)(F)F)C(F)(F)C(F)(F)F)c1. The fraction of sp³-hybridized carbons (Fsp3) is 0.455. The Balaban J connectivity index is 3.70. The summed E-state index contributed by atoms with van der Waals surface area (Å²) in [5.74, 6) is -8.64. The minimum Gasteiger partial charge on any atom is -0.406 e. The van der Waals surface area contributed by atoms with Crippen LogP contribution in [0.15, 0.2) is 22.7 Å². The lowest BCUT2D eigenvalue weighted by Crippen LogP contribution is -2.59. The van der Waals surface area contributed by atoms with Crippen LogP contribution in [0.2, 0.25) is 0 Å². The van der Waals surface area contributed by atoms with E-state index in [2.05, 4.69) is 20.7 Å². The van der Waals surface area contributed by atoms with Crippen molar-refractivity contribution >= 4 is 15.9 Å². The highest BCUT2D eigenvalue weighted by atomic mass is 79.9. The molecule has 0 N–H and O–H groups in total. The average Bonchev–Trinajstić information content (AvgIpc) is 2.31. The molecule has 0 aromatic heterocycles. The molecular weight excluding hydrogens is 456 g/mol. The molecule has 0 radical (unpaired) electrons. The molecule has 0 heterocycles. The molecule has 1 unspecified atom stereocenters. The molecule has 1 rings (SSSR count). The summed E-state index contributed by atoms with van der Waals surface area (Å²) in [4.78, 5) is 0. The van der Waals surface area contributed by atoms with Gasteiger partial charge in [-0.05, 0) is 18.2 Å². The van der Waals surface area contributed by atoms with E-state index in [1.807, 2.05) is 0 Å². The molecule has 1 aromatic rings. The van der Waals surface area contributed by atoms with E-state index in [1.165, 1.54) is 0 Å². The summed E-state index contributed by atoms with van der Waals surface area (Å²) < 4.78 is 154. The lowest BCUT2D eigenvalue weighted by Gasteiger charge is -2.36. The molecule has 0 aliphatic carbocycles.